The molecule has 0 saturated heterocycles. The maximum atomic E-state index is 13.6. The summed E-state index contributed by atoms with van der Waals surface area (Å²) >= 11 is 0. The van der Waals surface area contributed by atoms with E-state index in [2.05, 4.69) is 5.10 Å². The molecule has 3 aromatic rings. The highest BCUT2D eigenvalue weighted by Crippen LogP contribution is 2.32. The molecule has 0 atom stereocenters. The average Bonchev–Trinajstić information content (AvgIpc) is 3.22. The van der Waals surface area contributed by atoms with Crippen molar-refractivity contribution in [3.63, 3.8) is 0 Å². The second-order valence-electron chi connectivity index (χ2n) is 8.17. The second-order valence-corrected chi connectivity index (χ2v) is 9.99. The first-order valence-corrected chi connectivity index (χ1v) is 12.8. The van der Waals surface area contributed by atoms with Crippen LogP contribution in [0.3, 0.4) is 0 Å². The molecule has 0 unspecified atom stereocenters. The third-order valence-corrected chi connectivity index (χ3v) is 6.37. The Labute approximate surface area is 206 Å². The van der Waals surface area contributed by atoms with Crippen LogP contribution in [0, 0.1) is 0 Å². The van der Waals surface area contributed by atoms with E-state index in [1.165, 1.54) is 13.0 Å². The summed E-state index contributed by atoms with van der Waals surface area (Å²) in [4.78, 5) is 50.4. The first-order valence-electron chi connectivity index (χ1n) is 11.0. The van der Waals surface area contributed by atoms with E-state index in [4.69, 9.17) is 9.47 Å². The zero-order chi connectivity index (χ0) is 26.8. The minimum absolute atomic E-state index is 0.00219. The Morgan fingerprint density at radius 2 is 1.94 bits per heavy atom. The molecule has 13 nitrogen and oxygen atoms in total. The molecule has 2 heterocycles. The monoisotopic (exact) mass is 521 g/mol. The van der Waals surface area contributed by atoms with Crippen molar-refractivity contribution in [3.05, 3.63) is 50.8 Å². The normalized spacial score (nSPS) is 11.6. The third kappa shape index (κ3) is 4.89. The Kier molecular flexibility index (Phi) is 7.67. The van der Waals surface area contributed by atoms with E-state index >= 15 is 0 Å². The van der Waals surface area contributed by atoms with Crippen molar-refractivity contribution in [1.82, 2.24) is 19.0 Å². The largest absolute Gasteiger partial charge is 0.466 e. The molecule has 0 aliphatic heterocycles. The number of rotatable bonds is 9. The molecule has 36 heavy (non-hydrogen) atoms. The number of aryl methyl sites for hydroxylation is 1. The predicted octanol–water partition coefficient (Wildman–Crippen LogP) is 0.914. The maximum Gasteiger partial charge on any atom is 0.444 e. The van der Waals surface area contributed by atoms with Gasteiger partial charge in [-0.05, 0) is 36.6 Å². The zero-order valence-corrected chi connectivity index (χ0v) is 21.3. The Hall–Kier alpha value is -3.94. The molecule has 0 aliphatic carbocycles. The van der Waals surface area contributed by atoms with Crippen molar-refractivity contribution in [3.8, 4) is 11.3 Å². The van der Waals surface area contributed by atoms with Gasteiger partial charge in [-0.15, -0.1) is 4.68 Å². The average molecular weight is 522 g/mol. The summed E-state index contributed by atoms with van der Waals surface area (Å²) in [5.74, 6) is -0.0384. The number of hydrogen-bond donors (Lipinski definition) is 0. The summed E-state index contributed by atoms with van der Waals surface area (Å²) in [5.41, 5.74) is 0.125. The number of sulfonamides is 1. The maximum absolute atomic E-state index is 13.6. The summed E-state index contributed by atoms with van der Waals surface area (Å²) in [5, 5.41) is 4.14. The molecule has 0 N–H and O–H groups in total. The molecule has 1 amide bonds. The number of carbonyl (C=O) groups excluding carboxylic acids is 2. The number of carbonyl (C=O) groups is 2. The lowest BCUT2D eigenvalue weighted by Crippen LogP contribution is -2.57. The van der Waals surface area contributed by atoms with Crippen LogP contribution in [-0.2, 0) is 37.9 Å². The van der Waals surface area contributed by atoms with Crippen LogP contribution in [0.4, 0.5) is 4.79 Å². The van der Waals surface area contributed by atoms with Crippen molar-refractivity contribution in [2.75, 3.05) is 23.9 Å². The molecular formula is C22H27N5O8S. The summed E-state index contributed by atoms with van der Waals surface area (Å²) in [6.45, 7) is 4.87. The Morgan fingerprint density at radius 1 is 1.25 bits per heavy atom. The summed E-state index contributed by atoms with van der Waals surface area (Å²) < 4.78 is 37.5. The molecule has 2 aromatic heterocycles. The SMILES string of the molecule is CCOC(=O)N(n1c(=O)c2cc(-c3ccnn3C)c(C(C)C)cc2n(CCOC=O)c1=O)S(C)(=O)=O. The number of amides is 1. The van der Waals surface area contributed by atoms with Gasteiger partial charge in [-0.1, -0.05) is 18.3 Å². The van der Waals surface area contributed by atoms with Gasteiger partial charge in [0.25, 0.3) is 22.1 Å². The Morgan fingerprint density at radius 3 is 2.47 bits per heavy atom. The Bertz CT molecular complexity index is 1530. The van der Waals surface area contributed by atoms with Crippen LogP contribution >= 0.6 is 0 Å². The van der Waals surface area contributed by atoms with Crippen molar-refractivity contribution in [2.24, 2.45) is 7.05 Å². The number of ether oxygens (including phenoxy) is 2. The lowest BCUT2D eigenvalue weighted by molar-refractivity contribution is -0.128. The van der Waals surface area contributed by atoms with Gasteiger partial charge in [0, 0.05) is 18.8 Å². The number of nitrogens with zero attached hydrogens (tertiary/aromatic N) is 5. The summed E-state index contributed by atoms with van der Waals surface area (Å²) in [7, 11) is -2.74. The van der Waals surface area contributed by atoms with Crippen LogP contribution in [0.25, 0.3) is 22.2 Å². The number of fused-ring (bicyclic) bond motifs is 1. The van der Waals surface area contributed by atoms with Crippen LogP contribution in [0.2, 0.25) is 0 Å². The fraction of sp³-hybridized carbons (Fsp3) is 0.409. The van der Waals surface area contributed by atoms with E-state index in [0.29, 0.717) is 17.5 Å². The molecular weight excluding hydrogens is 494 g/mol. The van der Waals surface area contributed by atoms with Gasteiger partial charge >= 0.3 is 11.8 Å². The number of aromatic nitrogens is 4. The Balaban J connectivity index is 2.51. The van der Waals surface area contributed by atoms with E-state index in [1.807, 2.05) is 13.8 Å². The summed E-state index contributed by atoms with van der Waals surface area (Å²) in [6.07, 6.45) is 0.842. The summed E-state index contributed by atoms with van der Waals surface area (Å²) in [6, 6.07) is 4.94. The molecule has 1 aromatic carbocycles. The highest BCUT2D eigenvalue weighted by Gasteiger charge is 2.32. The fourth-order valence-corrected chi connectivity index (χ4v) is 4.63. The first kappa shape index (κ1) is 26.7. The molecule has 0 radical (unpaired) electrons. The zero-order valence-electron chi connectivity index (χ0n) is 20.5. The van der Waals surface area contributed by atoms with Crippen LogP contribution in [0.1, 0.15) is 32.3 Å². The topological polar surface area (TPSA) is 152 Å². The van der Waals surface area contributed by atoms with E-state index in [0.717, 1.165) is 10.1 Å². The highest BCUT2D eigenvalue weighted by atomic mass is 32.2. The predicted molar refractivity (Wildman–Crippen MR) is 131 cm³/mol. The molecule has 3 rings (SSSR count). The standard InChI is InChI=1S/C22H27N5O8S/c1-6-35-22(31)27(36(5,32)33)26-20(29)17-11-16(18-7-8-23-24(18)4)15(14(2)3)12-19(17)25(21(26)30)9-10-34-13-28/h7-8,11-14H,6,9-10H2,1-5H3. The highest BCUT2D eigenvalue weighted by molar-refractivity contribution is 7.92. The van der Waals surface area contributed by atoms with Gasteiger partial charge in [0.2, 0.25) is 0 Å². The van der Waals surface area contributed by atoms with Gasteiger partial charge in [-0.2, -0.15) is 5.10 Å². The van der Waals surface area contributed by atoms with Gasteiger partial charge < -0.3 is 9.47 Å². The van der Waals surface area contributed by atoms with Crippen LogP contribution in [0.5, 0.6) is 0 Å². The molecule has 0 spiro atoms. The molecule has 0 fully saturated rings. The molecule has 0 aliphatic rings. The van der Waals surface area contributed by atoms with E-state index in [1.54, 1.807) is 30.1 Å². The smallest absolute Gasteiger partial charge is 0.444 e. The van der Waals surface area contributed by atoms with Gasteiger partial charge in [-0.25, -0.2) is 18.0 Å². The lowest BCUT2D eigenvalue weighted by atomic mass is 9.93. The number of benzene rings is 1. The van der Waals surface area contributed by atoms with Crippen LogP contribution < -0.4 is 15.7 Å². The molecule has 0 bridgehead atoms. The van der Waals surface area contributed by atoms with Gasteiger partial charge in [0.05, 0.1) is 36.0 Å². The van der Waals surface area contributed by atoms with Gasteiger partial charge in [0.15, 0.2) is 0 Å². The quantitative estimate of drug-likeness (QED) is 0.295. The van der Waals surface area contributed by atoms with Crippen LogP contribution in [-0.4, -0.2) is 59.5 Å². The number of hydrogen-bond acceptors (Lipinski definition) is 9. The fourth-order valence-electron chi connectivity index (χ4n) is 3.87. The van der Waals surface area contributed by atoms with Crippen molar-refractivity contribution in [1.29, 1.82) is 0 Å². The van der Waals surface area contributed by atoms with Crippen molar-refractivity contribution in [2.45, 2.75) is 33.2 Å². The van der Waals surface area contributed by atoms with Gasteiger partial charge in [-0.3, -0.25) is 18.8 Å². The first-order chi connectivity index (χ1) is 16.9. The van der Waals surface area contributed by atoms with E-state index in [9.17, 15) is 27.6 Å². The van der Waals surface area contributed by atoms with Crippen molar-refractivity contribution < 1.29 is 27.5 Å². The van der Waals surface area contributed by atoms with Crippen LogP contribution in [0.15, 0.2) is 34.0 Å². The van der Waals surface area contributed by atoms with E-state index in [-0.39, 0.29) is 52.1 Å². The third-order valence-electron chi connectivity index (χ3n) is 5.43. The molecule has 14 heteroatoms. The minimum atomic E-state index is -4.47. The molecule has 0 saturated carbocycles. The van der Waals surface area contributed by atoms with Gasteiger partial charge in [0.1, 0.15) is 6.61 Å². The van der Waals surface area contributed by atoms with Crippen molar-refractivity contribution >= 4 is 33.5 Å². The minimum Gasteiger partial charge on any atom is -0.466 e. The lowest BCUT2D eigenvalue weighted by Gasteiger charge is -2.23. The molecule has 194 valence electrons. The van der Waals surface area contributed by atoms with E-state index < -0.39 is 27.4 Å². The second kappa shape index (κ2) is 10.4.